The summed E-state index contributed by atoms with van der Waals surface area (Å²) in [5.41, 5.74) is 2.07. The second-order valence-corrected chi connectivity index (χ2v) is 8.64. The van der Waals surface area contributed by atoms with E-state index in [9.17, 15) is 4.79 Å². The number of nitrogens with zero attached hydrogens (tertiary/aromatic N) is 3. The predicted octanol–water partition coefficient (Wildman–Crippen LogP) is 4.43. The van der Waals surface area contributed by atoms with Crippen molar-refractivity contribution < 1.29 is 23.4 Å². The molecule has 0 saturated carbocycles. The molecule has 33 heavy (non-hydrogen) atoms. The minimum atomic E-state index is -0.0517. The fraction of sp³-hybridized carbons (Fsp3) is 0.375. The first-order chi connectivity index (χ1) is 16.1. The van der Waals surface area contributed by atoms with E-state index >= 15 is 0 Å². The molecule has 1 aromatic heterocycles. The van der Waals surface area contributed by atoms with Gasteiger partial charge in [0, 0.05) is 12.1 Å². The van der Waals surface area contributed by atoms with Crippen LogP contribution >= 0.6 is 11.8 Å². The zero-order valence-electron chi connectivity index (χ0n) is 18.9. The predicted molar refractivity (Wildman–Crippen MR) is 124 cm³/mol. The van der Waals surface area contributed by atoms with Gasteiger partial charge in [0.2, 0.25) is 5.91 Å². The lowest BCUT2D eigenvalue weighted by Crippen LogP contribution is -2.32. The summed E-state index contributed by atoms with van der Waals surface area (Å²) in [6.07, 6.45) is 1.81. The van der Waals surface area contributed by atoms with Crippen LogP contribution in [0.15, 0.2) is 52.1 Å². The van der Waals surface area contributed by atoms with Gasteiger partial charge in [0.25, 0.3) is 11.1 Å². The van der Waals surface area contributed by atoms with Gasteiger partial charge in [-0.2, -0.15) is 0 Å². The number of aromatic nitrogens is 2. The van der Waals surface area contributed by atoms with Crippen molar-refractivity contribution in [2.75, 3.05) is 26.5 Å². The van der Waals surface area contributed by atoms with Gasteiger partial charge in [-0.1, -0.05) is 23.9 Å². The highest BCUT2D eigenvalue weighted by Gasteiger charge is 2.32. The third-order valence-electron chi connectivity index (χ3n) is 5.49. The molecule has 0 spiro atoms. The topological polar surface area (TPSA) is 86.9 Å². The molecule has 1 unspecified atom stereocenters. The molecule has 2 aromatic carbocycles. The third kappa shape index (κ3) is 5.60. The molecule has 1 aliphatic rings. The summed E-state index contributed by atoms with van der Waals surface area (Å²) in [6.45, 7) is 2.87. The van der Waals surface area contributed by atoms with Gasteiger partial charge in [0.1, 0.15) is 17.2 Å². The van der Waals surface area contributed by atoms with Crippen molar-refractivity contribution in [2.45, 2.75) is 37.6 Å². The minimum Gasteiger partial charge on any atom is -0.497 e. The Balaban J connectivity index is 1.35. The highest BCUT2D eigenvalue weighted by Crippen LogP contribution is 2.39. The smallest absolute Gasteiger partial charge is 0.277 e. The highest BCUT2D eigenvalue weighted by molar-refractivity contribution is 7.99. The molecule has 8 nitrogen and oxygen atoms in total. The number of ether oxygens (including phenoxy) is 3. The van der Waals surface area contributed by atoms with Crippen molar-refractivity contribution >= 4 is 17.7 Å². The van der Waals surface area contributed by atoms with Gasteiger partial charge < -0.3 is 23.5 Å². The first kappa shape index (κ1) is 23.0. The van der Waals surface area contributed by atoms with Gasteiger partial charge in [-0.15, -0.1) is 10.2 Å². The SMILES string of the molecule is COc1ccc(OC)c(C2CCCN2C(=O)CSc2nnc(COc3cccc(C)c3)o2)c1. The lowest BCUT2D eigenvalue weighted by molar-refractivity contribution is -0.129. The normalized spacial score (nSPS) is 15.5. The highest BCUT2D eigenvalue weighted by atomic mass is 32.2. The molecule has 0 bridgehead atoms. The summed E-state index contributed by atoms with van der Waals surface area (Å²) in [6, 6.07) is 13.4. The summed E-state index contributed by atoms with van der Waals surface area (Å²) in [7, 11) is 3.27. The number of hydrogen-bond donors (Lipinski definition) is 0. The van der Waals surface area contributed by atoms with Crippen molar-refractivity contribution in [2.24, 2.45) is 0 Å². The molecule has 1 fully saturated rings. The zero-order chi connectivity index (χ0) is 23.2. The monoisotopic (exact) mass is 469 g/mol. The Bertz CT molecular complexity index is 1100. The number of methoxy groups -OCH3 is 2. The molecule has 1 atom stereocenters. The fourth-order valence-electron chi connectivity index (χ4n) is 3.90. The molecule has 1 aliphatic heterocycles. The van der Waals surface area contributed by atoms with Crippen LogP contribution in [0.3, 0.4) is 0 Å². The van der Waals surface area contributed by atoms with Crippen molar-refractivity contribution in [3.8, 4) is 17.2 Å². The molecule has 4 rings (SSSR count). The van der Waals surface area contributed by atoms with Crippen LogP contribution in [0.2, 0.25) is 0 Å². The Morgan fingerprint density at radius 1 is 1.15 bits per heavy atom. The summed E-state index contributed by atoms with van der Waals surface area (Å²) in [5, 5.41) is 8.39. The van der Waals surface area contributed by atoms with E-state index < -0.39 is 0 Å². The van der Waals surface area contributed by atoms with E-state index in [1.165, 1.54) is 11.8 Å². The number of likely N-dealkylation sites (tertiary alicyclic amines) is 1. The van der Waals surface area contributed by atoms with Crippen molar-refractivity contribution in [3.63, 3.8) is 0 Å². The maximum absolute atomic E-state index is 13.0. The van der Waals surface area contributed by atoms with E-state index in [0.29, 0.717) is 17.7 Å². The number of hydrogen-bond acceptors (Lipinski definition) is 8. The second kappa shape index (κ2) is 10.6. The van der Waals surface area contributed by atoms with Crippen LogP contribution in [0.5, 0.6) is 17.2 Å². The summed E-state index contributed by atoms with van der Waals surface area (Å²) < 4.78 is 22.2. The number of thioether (sulfide) groups is 1. The first-order valence-corrected chi connectivity index (χ1v) is 11.7. The number of amides is 1. The van der Waals surface area contributed by atoms with Gasteiger partial charge in [0.05, 0.1) is 26.0 Å². The van der Waals surface area contributed by atoms with Crippen LogP contribution in [0.1, 0.15) is 35.9 Å². The van der Waals surface area contributed by atoms with Crippen LogP contribution in [-0.4, -0.2) is 47.5 Å². The molecule has 2 heterocycles. The minimum absolute atomic E-state index is 0.0168. The van der Waals surface area contributed by atoms with Crippen LogP contribution in [0.25, 0.3) is 0 Å². The lowest BCUT2D eigenvalue weighted by atomic mass is 10.0. The number of carbonyl (C=O) groups is 1. The fourth-order valence-corrected chi connectivity index (χ4v) is 4.57. The quantitative estimate of drug-likeness (QED) is 0.426. The van der Waals surface area contributed by atoms with Crippen molar-refractivity contribution in [3.05, 3.63) is 59.5 Å². The molecule has 174 valence electrons. The third-order valence-corrected chi connectivity index (χ3v) is 6.29. The van der Waals surface area contributed by atoms with E-state index in [1.807, 2.05) is 54.3 Å². The van der Waals surface area contributed by atoms with Gasteiger partial charge in [-0.3, -0.25) is 4.79 Å². The van der Waals surface area contributed by atoms with Gasteiger partial charge >= 0.3 is 0 Å². The maximum Gasteiger partial charge on any atom is 0.277 e. The number of carbonyl (C=O) groups excluding carboxylic acids is 1. The Morgan fingerprint density at radius 2 is 2.03 bits per heavy atom. The molecule has 0 N–H and O–H groups in total. The Morgan fingerprint density at radius 3 is 2.82 bits per heavy atom. The second-order valence-electron chi connectivity index (χ2n) is 7.71. The standard InChI is InChI=1S/C24H27N3O5S/c1-16-6-4-7-18(12-16)31-14-22-25-26-24(32-22)33-15-23(28)27-11-5-8-20(27)19-13-17(29-2)9-10-21(19)30-3/h4,6-7,9-10,12-13,20H,5,8,11,14-15H2,1-3H3. The molecule has 0 aliphatic carbocycles. The van der Waals surface area contributed by atoms with Crippen LogP contribution in [0.4, 0.5) is 0 Å². The molecule has 0 radical (unpaired) electrons. The molecule has 1 amide bonds. The van der Waals surface area contributed by atoms with Crippen LogP contribution in [-0.2, 0) is 11.4 Å². The van der Waals surface area contributed by atoms with E-state index in [2.05, 4.69) is 10.2 Å². The first-order valence-electron chi connectivity index (χ1n) is 10.7. The molecular weight excluding hydrogens is 442 g/mol. The largest absolute Gasteiger partial charge is 0.497 e. The van der Waals surface area contributed by atoms with Crippen molar-refractivity contribution in [1.29, 1.82) is 0 Å². The van der Waals surface area contributed by atoms with E-state index in [-0.39, 0.29) is 24.3 Å². The zero-order valence-corrected chi connectivity index (χ0v) is 19.8. The number of aryl methyl sites for hydroxylation is 1. The maximum atomic E-state index is 13.0. The van der Waals surface area contributed by atoms with Gasteiger partial charge in [0.15, 0.2) is 6.61 Å². The Hall–Kier alpha value is -3.20. The molecule has 3 aromatic rings. The van der Waals surface area contributed by atoms with Crippen molar-refractivity contribution in [1.82, 2.24) is 15.1 Å². The average molecular weight is 470 g/mol. The Kier molecular flexibility index (Phi) is 7.39. The Labute approximate surface area is 197 Å². The van der Waals surface area contributed by atoms with Gasteiger partial charge in [-0.25, -0.2) is 0 Å². The van der Waals surface area contributed by atoms with Crippen LogP contribution in [0, 0.1) is 6.92 Å². The lowest BCUT2D eigenvalue weighted by Gasteiger charge is -2.26. The van der Waals surface area contributed by atoms with E-state index in [0.717, 1.165) is 41.2 Å². The molecular formula is C24H27N3O5S. The van der Waals surface area contributed by atoms with Crippen LogP contribution < -0.4 is 14.2 Å². The van der Waals surface area contributed by atoms with E-state index in [1.54, 1.807) is 14.2 Å². The van der Waals surface area contributed by atoms with Gasteiger partial charge in [-0.05, 0) is 55.7 Å². The summed E-state index contributed by atoms with van der Waals surface area (Å²) in [4.78, 5) is 14.9. The average Bonchev–Trinajstić information content (AvgIpc) is 3.50. The van der Waals surface area contributed by atoms with E-state index in [4.69, 9.17) is 18.6 Å². The summed E-state index contributed by atoms with van der Waals surface area (Å²) in [5.74, 6) is 2.83. The number of rotatable bonds is 9. The molecule has 1 saturated heterocycles. The summed E-state index contributed by atoms with van der Waals surface area (Å²) >= 11 is 1.23. The number of benzene rings is 2. The molecule has 9 heteroatoms.